The van der Waals surface area contributed by atoms with E-state index in [0.29, 0.717) is 25.7 Å². The van der Waals surface area contributed by atoms with E-state index in [-0.39, 0.29) is 25.7 Å². The largest absolute Gasteiger partial charge is 0.472 e. The minimum atomic E-state index is -4.96. The lowest BCUT2D eigenvalue weighted by molar-refractivity contribution is -0.161. The van der Waals surface area contributed by atoms with Crippen molar-refractivity contribution < 1.29 is 80.2 Å². The van der Waals surface area contributed by atoms with E-state index in [1.807, 2.05) is 0 Å². The molecular weight excluding hydrogens is 1320 g/mol. The molecule has 0 aromatic heterocycles. The molecule has 0 aliphatic heterocycles. The fraction of sp³-hybridized carbons (Fsp3) is 0.951. The second kappa shape index (κ2) is 74.9. The van der Waals surface area contributed by atoms with E-state index < -0.39 is 97.5 Å². The Morgan fingerprint density at radius 2 is 0.455 bits per heavy atom. The summed E-state index contributed by atoms with van der Waals surface area (Å²) in [6.45, 7) is 7.27. The number of hydrogen-bond acceptors (Lipinski definition) is 15. The maximum atomic E-state index is 13.1. The van der Waals surface area contributed by atoms with Gasteiger partial charge in [0.1, 0.15) is 19.3 Å². The van der Waals surface area contributed by atoms with Gasteiger partial charge in [-0.15, -0.1) is 0 Å². The summed E-state index contributed by atoms with van der Waals surface area (Å²) in [5, 5.41) is 10.6. The number of esters is 4. The van der Waals surface area contributed by atoms with Crippen LogP contribution in [0.15, 0.2) is 0 Å². The summed E-state index contributed by atoms with van der Waals surface area (Å²) in [7, 11) is -9.91. The molecule has 0 amide bonds. The number of ether oxygens (including phenoxy) is 4. The molecule has 0 saturated carbocycles. The lowest BCUT2D eigenvalue weighted by Crippen LogP contribution is -2.30. The van der Waals surface area contributed by atoms with Crippen molar-refractivity contribution in [3.05, 3.63) is 0 Å². The first-order chi connectivity index (χ1) is 49.0. The van der Waals surface area contributed by atoms with Gasteiger partial charge in [-0.3, -0.25) is 37.3 Å². The van der Waals surface area contributed by atoms with Gasteiger partial charge in [-0.1, -0.05) is 388 Å². The highest BCUT2D eigenvalue weighted by Gasteiger charge is 2.30. The molecule has 600 valence electrons. The molecule has 5 atom stereocenters. The summed E-state index contributed by atoms with van der Waals surface area (Å²) < 4.78 is 68.5. The number of unbranched alkanes of at least 4 members (excludes halogenated alkanes) is 54. The number of aliphatic hydroxyl groups excluding tert-OH is 1. The van der Waals surface area contributed by atoms with Gasteiger partial charge in [0.15, 0.2) is 12.2 Å². The van der Waals surface area contributed by atoms with Crippen LogP contribution in [-0.4, -0.2) is 96.7 Å². The van der Waals surface area contributed by atoms with Crippen LogP contribution in [0.4, 0.5) is 0 Å². The lowest BCUT2D eigenvalue weighted by Gasteiger charge is -2.21. The highest BCUT2D eigenvalue weighted by atomic mass is 31.2. The van der Waals surface area contributed by atoms with Gasteiger partial charge in [-0.05, 0) is 31.6 Å². The first kappa shape index (κ1) is 99.1. The molecule has 0 fully saturated rings. The van der Waals surface area contributed by atoms with E-state index in [4.69, 9.17) is 37.0 Å². The summed E-state index contributed by atoms with van der Waals surface area (Å²) in [4.78, 5) is 72.8. The van der Waals surface area contributed by atoms with Crippen LogP contribution in [0, 0.1) is 5.92 Å². The van der Waals surface area contributed by atoms with Crippen LogP contribution < -0.4 is 0 Å². The van der Waals surface area contributed by atoms with Crippen molar-refractivity contribution in [2.24, 2.45) is 5.92 Å². The maximum Gasteiger partial charge on any atom is 0.472 e. The zero-order valence-corrected chi connectivity index (χ0v) is 67.8. The summed E-state index contributed by atoms with van der Waals surface area (Å²) in [5.41, 5.74) is 0. The Bertz CT molecular complexity index is 1930. The molecule has 0 aromatic rings. The highest BCUT2D eigenvalue weighted by molar-refractivity contribution is 7.47. The third kappa shape index (κ3) is 76.1. The van der Waals surface area contributed by atoms with Crippen molar-refractivity contribution in [1.29, 1.82) is 0 Å². The van der Waals surface area contributed by atoms with Gasteiger partial charge in [0, 0.05) is 25.7 Å². The van der Waals surface area contributed by atoms with Gasteiger partial charge < -0.3 is 33.8 Å². The van der Waals surface area contributed by atoms with E-state index in [9.17, 15) is 43.2 Å². The molecule has 0 bridgehead atoms. The second-order valence-corrected chi connectivity index (χ2v) is 32.9. The lowest BCUT2D eigenvalue weighted by atomic mass is 10.0. The van der Waals surface area contributed by atoms with Crippen LogP contribution in [-0.2, 0) is 65.4 Å². The second-order valence-electron chi connectivity index (χ2n) is 30.0. The number of phosphoric acid groups is 2. The molecule has 2 unspecified atom stereocenters. The Morgan fingerprint density at radius 1 is 0.267 bits per heavy atom. The SMILES string of the molecule is CCCCCCCCCCCCCCCCCCCCCC(=O)OC[C@H](COP(=O)(O)OC[C@@H](O)COP(=O)(O)OC[C@@H](COC(=O)CCCCCCC)OC(=O)CCCCCCCCCCCCCCCCCC(C)C)OC(=O)CCCCCCCCCCCCCCCCCCCCC. The summed E-state index contributed by atoms with van der Waals surface area (Å²) in [6.07, 6.45) is 67.1. The molecule has 0 spiro atoms. The van der Waals surface area contributed by atoms with Gasteiger partial charge in [-0.25, -0.2) is 9.13 Å². The van der Waals surface area contributed by atoms with E-state index in [1.165, 1.54) is 257 Å². The quantitative estimate of drug-likeness (QED) is 0.0222. The number of carbonyl (C=O) groups excluding carboxylic acids is 4. The van der Waals surface area contributed by atoms with Gasteiger partial charge in [0.05, 0.1) is 26.4 Å². The Hall–Kier alpha value is -1.94. The van der Waals surface area contributed by atoms with E-state index in [1.54, 1.807) is 0 Å². The van der Waals surface area contributed by atoms with Crippen molar-refractivity contribution in [1.82, 2.24) is 0 Å². The summed E-state index contributed by atoms with van der Waals surface area (Å²) >= 11 is 0. The average molecular weight is 1480 g/mol. The van der Waals surface area contributed by atoms with Crippen molar-refractivity contribution in [2.45, 2.75) is 457 Å². The van der Waals surface area contributed by atoms with E-state index in [2.05, 4.69) is 34.6 Å². The number of rotatable bonds is 82. The van der Waals surface area contributed by atoms with Gasteiger partial charge in [-0.2, -0.15) is 0 Å². The van der Waals surface area contributed by atoms with Crippen molar-refractivity contribution >= 4 is 39.5 Å². The molecular formula is C82H160O17P2. The first-order valence-electron chi connectivity index (χ1n) is 42.6. The molecule has 19 heteroatoms. The van der Waals surface area contributed by atoms with Crippen LogP contribution in [0.1, 0.15) is 439 Å². The van der Waals surface area contributed by atoms with E-state index in [0.717, 1.165) is 102 Å². The smallest absolute Gasteiger partial charge is 0.462 e. The molecule has 0 aliphatic rings. The average Bonchev–Trinajstić information content (AvgIpc) is 0.972. The van der Waals surface area contributed by atoms with Crippen LogP contribution in [0.5, 0.6) is 0 Å². The fourth-order valence-electron chi connectivity index (χ4n) is 12.8. The van der Waals surface area contributed by atoms with Crippen LogP contribution in [0.25, 0.3) is 0 Å². The molecule has 3 N–H and O–H groups in total. The maximum absolute atomic E-state index is 13.1. The Labute approximate surface area is 619 Å². The summed E-state index contributed by atoms with van der Waals surface area (Å²) in [6, 6.07) is 0. The Balaban J connectivity index is 5.11. The topological polar surface area (TPSA) is 237 Å². The zero-order chi connectivity index (χ0) is 74.1. The minimum Gasteiger partial charge on any atom is -0.462 e. The third-order valence-electron chi connectivity index (χ3n) is 19.3. The molecule has 0 aliphatic carbocycles. The van der Waals surface area contributed by atoms with Crippen molar-refractivity contribution in [2.75, 3.05) is 39.6 Å². The Kier molecular flexibility index (Phi) is 73.5. The highest BCUT2D eigenvalue weighted by Crippen LogP contribution is 2.45. The monoisotopic (exact) mass is 1480 g/mol. The molecule has 0 saturated heterocycles. The molecule has 0 radical (unpaired) electrons. The van der Waals surface area contributed by atoms with Gasteiger partial charge in [0.25, 0.3) is 0 Å². The predicted molar refractivity (Wildman–Crippen MR) is 414 cm³/mol. The number of hydrogen-bond donors (Lipinski definition) is 3. The Morgan fingerprint density at radius 3 is 0.673 bits per heavy atom. The number of carbonyl (C=O) groups is 4. The molecule has 17 nitrogen and oxygen atoms in total. The van der Waals surface area contributed by atoms with Crippen LogP contribution >= 0.6 is 15.6 Å². The third-order valence-corrected chi connectivity index (χ3v) is 21.2. The molecule has 0 rings (SSSR count). The number of aliphatic hydroxyl groups is 1. The van der Waals surface area contributed by atoms with Crippen LogP contribution in [0.3, 0.4) is 0 Å². The van der Waals surface area contributed by atoms with Gasteiger partial charge in [0.2, 0.25) is 0 Å². The van der Waals surface area contributed by atoms with Gasteiger partial charge >= 0.3 is 39.5 Å². The first-order valence-corrected chi connectivity index (χ1v) is 45.6. The van der Waals surface area contributed by atoms with Crippen molar-refractivity contribution in [3.8, 4) is 0 Å². The van der Waals surface area contributed by atoms with Crippen LogP contribution in [0.2, 0.25) is 0 Å². The molecule has 0 heterocycles. The minimum absolute atomic E-state index is 0.107. The number of phosphoric ester groups is 2. The summed E-state index contributed by atoms with van der Waals surface area (Å²) in [5.74, 6) is -1.31. The standard InChI is InChI=1S/C82H160O17P2/c1-6-9-12-15-17-19-21-23-25-27-29-31-35-39-43-47-51-56-61-66-80(85)93-72-78(99-82(87)68-63-57-52-48-44-40-36-32-30-28-26-24-22-20-18-16-13-10-7-2)74-97-101(90,91)95-70-76(83)69-94-100(88,89)96-73-77(71-92-79(84)65-60-54-14-11-8-3)98-81(86)67-62-58-53-49-45-41-37-33-34-38-42-46-50-55-59-64-75(4)5/h75-78,83H,6-74H2,1-5H3,(H,88,89)(H,90,91)/t76-,77+,78+/m0/s1. The molecule has 0 aromatic carbocycles. The van der Waals surface area contributed by atoms with E-state index >= 15 is 0 Å². The molecule has 101 heavy (non-hydrogen) atoms. The fourth-order valence-corrected chi connectivity index (χ4v) is 14.3. The predicted octanol–water partition coefficient (Wildman–Crippen LogP) is 24.8. The van der Waals surface area contributed by atoms with Crippen molar-refractivity contribution in [3.63, 3.8) is 0 Å². The normalized spacial score (nSPS) is 13.8. The zero-order valence-electron chi connectivity index (χ0n) is 66.1.